The predicted molar refractivity (Wildman–Crippen MR) is 108 cm³/mol. The number of hydrogen-bond donors (Lipinski definition) is 2. The van der Waals surface area contributed by atoms with E-state index < -0.39 is 0 Å². The third-order valence-electron chi connectivity index (χ3n) is 3.94. The molecule has 0 aliphatic heterocycles. The van der Waals surface area contributed by atoms with Crippen molar-refractivity contribution in [3.8, 4) is 11.5 Å². The standard InChI is InChI=1S/C21H29ClN2O2/c1-3-23-12-7-13-24-15-17-10-11-20(21(14-17)25-4-2)26-16-18-8-5-6-9-19(18)22/h5-6,8-11,14,23-24H,3-4,7,12-13,15-16H2,1-2H3. The van der Waals surface area contributed by atoms with Crippen molar-refractivity contribution < 1.29 is 9.47 Å². The maximum Gasteiger partial charge on any atom is 0.161 e. The maximum atomic E-state index is 6.20. The summed E-state index contributed by atoms with van der Waals surface area (Å²) in [5.74, 6) is 1.51. The highest BCUT2D eigenvalue weighted by Crippen LogP contribution is 2.30. The molecule has 0 saturated heterocycles. The molecule has 0 aliphatic rings. The van der Waals surface area contributed by atoms with Gasteiger partial charge >= 0.3 is 0 Å². The number of rotatable bonds is 12. The molecule has 0 fully saturated rings. The smallest absolute Gasteiger partial charge is 0.161 e. The Morgan fingerprint density at radius 3 is 2.50 bits per heavy atom. The van der Waals surface area contributed by atoms with Crippen LogP contribution in [0.25, 0.3) is 0 Å². The molecule has 0 aromatic heterocycles. The molecule has 2 aromatic rings. The van der Waals surface area contributed by atoms with E-state index in [9.17, 15) is 0 Å². The van der Waals surface area contributed by atoms with Gasteiger partial charge in [-0.3, -0.25) is 0 Å². The van der Waals surface area contributed by atoms with Gasteiger partial charge in [-0.25, -0.2) is 0 Å². The second-order valence-electron chi connectivity index (χ2n) is 5.98. The topological polar surface area (TPSA) is 42.5 Å². The SMILES string of the molecule is CCNCCCNCc1ccc(OCc2ccccc2Cl)c(OCC)c1. The number of ether oxygens (including phenoxy) is 2. The summed E-state index contributed by atoms with van der Waals surface area (Å²) in [5, 5.41) is 7.50. The molecule has 4 nitrogen and oxygen atoms in total. The first-order valence-corrected chi connectivity index (χ1v) is 9.65. The fraction of sp³-hybridized carbons (Fsp3) is 0.429. The Balaban J connectivity index is 1.91. The summed E-state index contributed by atoms with van der Waals surface area (Å²) in [6.45, 7) is 8.99. The average Bonchev–Trinajstić information content (AvgIpc) is 2.65. The Hall–Kier alpha value is -1.75. The van der Waals surface area contributed by atoms with Crippen LogP contribution in [0.15, 0.2) is 42.5 Å². The molecule has 0 atom stereocenters. The maximum absolute atomic E-state index is 6.20. The van der Waals surface area contributed by atoms with E-state index in [1.165, 1.54) is 5.56 Å². The molecule has 0 saturated carbocycles. The highest BCUT2D eigenvalue weighted by molar-refractivity contribution is 6.31. The van der Waals surface area contributed by atoms with Gasteiger partial charge in [-0.05, 0) is 56.7 Å². The minimum atomic E-state index is 0.418. The summed E-state index contributed by atoms with van der Waals surface area (Å²) in [4.78, 5) is 0. The summed E-state index contributed by atoms with van der Waals surface area (Å²) in [5.41, 5.74) is 2.14. The van der Waals surface area contributed by atoms with E-state index in [0.29, 0.717) is 18.2 Å². The van der Waals surface area contributed by atoms with Crippen molar-refractivity contribution in [1.29, 1.82) is 0 Å². The Labute approximate surface area is 161 Å². The molecule has 142 valence electrons. The lowest BCUT2D eigenvalue weighted by atomic mass is 10.2. The van der Waals surface area contributed by atoms with E-state index in [1.54, 1.807) is 0 Å². The quantitative estimate of drug-likeness (QED) is 0.538. The van der Waals surface area contributed by atoms with Crippen LogP contribution in [-0.2, 0) is 13.2 Å². The van der Waals surface area contributed by atoms with Crippen LogP contribution >= 0.6 is 11.6 Å². The number of nitrogens with one attached hydrogen (secondary N) is 2. The second kappa shape index (κ2) is 11.8. The Morgan fingerprint density at radius 2 is 1.73 bits per heavy atom. The van der Waals surface area contributed by atoms with Gasteiger partial charge in [-0.1, -0.05) is 42.8 Å². The lowest BCUT2D eigenvalue weighted by Gasteiger charge is -2.14. The van der Waals surface area contributed by atoms with E-state index >= 15 is 0 Å². The van der Waals surface area contributed by atoms with E-state index in [0.717, 1.165) is 49.7 Å². The van der Waals surface area contributed by atoms with Crippen molar-refractivity contribution in [3.63, 3.8) is 0 Å². The summed E-state index contributed by atoms with van der Waals surface area (Å²) < 4.78 is 11.7. The molecular weight excluding hydrogens is 348 g/mol. The molecule has 2 N–H and O–H groups in total. The molecule has 0 aliphatic carbocycles. The van der Waals surface area contributed by atoms with Gasteiger partial charge in [-0.2, -0.15) is 0 Å². The molecule has 2 aromatic carbocycles. The monoisotopic (exact) mass is 376 g/mol. The van der Waals surface area contributed by atoms with Gasteiger partial charge in [0.05, 0.1) is 6.61 Å². The zero-order valence-corrected chi connectivity index (χ0v) is 16.4. The summed E-state index contributed by atoms with van der Waals surface area (Å²) >= 11 is 6.20. The Bertz CT molecular complexity index is 664. The Morgan fingerprint density at radius 1 is 0.923 bits per heavy atom. The van der Waals surface area contributed by atoms with Crippen molar-refractivity contribution >= 4 is 11.6 Å². The molecule has 0 heterocycles. The van der Waals surface area contributed by atoms with Crippen molar-refractivity contribution in [2.45, 2.75) is 33.4 Å². The third-order valence-corrected chi connectivity index (χ3v) is 4.30. The van der Waals surface area contributed by atoms with E-state index in [1.807, 2.05) is 43.3 Å². The number of halogens is 1. The van der Waals surface area contributed by atoms with Crippen LogP contribution in [0, 0.1) is 0 Å². The fourth-order valence-corrected chi connectivity index (χ4v) is 2.76. The first-order chi connectivity index (χ1) is 12.7. The van der Waals surface area contributed by atoms with E-state index in [-0.39, 0.29) is 0 Å². The van der Waals surface area contributed by atoms with Crippen LogP contribution in [0.4, 0.5) is 0 Å². The van der Waals surface area contributed by atoms with Crippen LogP contribution < -0.4 is 20.1 Å². The normalized spacial score (nSPS) is 10.7. The zero-order valence-electron chi connectivity index (χ0n) is 15.7. The number of benzene rings is 2. The molecule has 0 radical (unpaired) electrons. The van der Waals surface area contributed by atoms with Crippen molar-refractivity contribution in [2.75, 3.05) is 26.2 Å². The van der Waals surface area contributed by atoms with Gasteiger partial charge in [0.1, 0.15) is 6.61 Å². The molecular formula is C21H29ClN2O2. The first-order valence-electron chi connectivity index (χ1n) is 9.28. The van der Waals surface area contributed by atoms with Crippen LogP contribution in [0.1, 0.15) is 31.4 Å². The molecule has 2 rings (SSSR count). The van der Waals surface area contributed by atoms with Crippen LogP contribution in [0.3, 0.4) is 0 Å². The molecule has 0 bridgehead atoms. The van der Waals surface area contributed by atoms with E-state index in [4.69, 9.17) is 21.1 Å². The average molecular weight is 377 g/mol. The minimum Gasteiger partial charge on any atom is -0.490 e. The highest BCUT2D eigenvalue weighted by atomic mass is 35.5. The lowest BCUT2D eigenvalue weighted by Crippen LogP contribution is -2.21. The summed E-state index contributed by atoms with van der Waals surface area (Å²) in [6, 6.07) is 13.8. The van der Waals surface area contributed by atoms with Crippen molar-refractivity contribution in [1.82, 2.24) is 10.6 Å². The highest BCUT2D eigenvalue weighted by Gasteiger charge is 2.08. The van der Waals surface area contributed by atoms with Gasteiger partial charge in [-0.15, -0.1) is 0 Å². The molecule has 0 spiro atoms. The second-order valence-corrected chi connectivity index (χ2v) is 6.39. The van der Waals surface area contributed by atoms with Crippen molar-refractivity contribution in [2.24, 2.45) is 0 Å². The van der Waals surface area contributed by atoms with Gasteiger partial charge in [0.25, 0.3) is 0 Å². The van der Waals surface area contributed by atoms with E-state index in [2.05, 4.69) is 23.6 Å². The minimum absolute atomic E-state index is 0.418. The van der Waals surface area contributed by atoms with Crippen LogP contribution in [0.2, 0.25) is 5.02 Å². The summed E-state index contributed by atoms with van der Waals surface area (Å²) in [7, 11) is 0. The van der Waals surface area contributed by atoms with Gasteiger partial charge < -0.3 is 20.1 Å². The molecule has 0 unspecified atom stereocenters. The largest absolute Gasteiger partial charge is 0.490 e. The van der Waals surface area contributed by atoms with Gasteiger partial charge in [0.15, 0.2) is 11.5 Å². The molecule has 0 amide bonds. The van der Waals surface area contributed by atoms with Crippen LogP contribution in [0.5, 0.6) is 11.5 Å². The third kappa shape index (κ3) is 6.87. The van der Waals surface area contributed by atoms with Gasteiger partial charge in [0, 0.05) is 17.1 Å². The first kappa shape index (κ1) is 20.6. The van der Waals surface area contributed by atoms with Crippen molar-refractivity contribution in [3.05, 3.63) is 58.6 Å². The fourth-order valence-electron chi connectivity index (χ4n) is 2.57. The lowest BCUT2D eigenvalue weighted by molar-refractivity contribution is 0.269. The number of hydrogen-bond acceptors (Lipinski definition) is 4. The summed E-state index contributed by atoms with van der Waals surface area (Å²) in [6.07, 6.45) is 1.12. The zero-order chi connectivity index (χ0) is 18.6. The Kier molecular flexibility index (Phi) is 9.32. The molecule has 26 heavy (non-hydrogen) atoms. The van der Waals surface area contributed by atoms with Gasteiger partial charge in [0.2, 0.25) is 0 Å². The van der Waals surface area contributed by atoms with Crippen LogP contribution in [-0.4, -0.2) is 26.2 Å². The predicted octanol–water partition coefficient (Wildman–Crippen LogP) is 4.41. The molecule has 5 heteroatoms.